The fourth-order valence-electron chi connectivity index (χ4n) is 4.85. The third-order valence-corrected chi connectivity index (χ3v) is 7.36. The lowest BCUT2D eigenvalue weighted by Crippen LogP contribution is -2.55. The summed E-state index contributed by atoms with van der Waals surface area (Å²) in [5.74, 6) is -0.481. The smallest absolute Gasteiger partial charge is 0.408 e. The van der Waals surface area contributed by atoms with Gasteiger partial charge in [0.15, 0.2) is 5.13 Å². The minimum Gasteiger partial charge on any atom is -0.444 e. The fraction of sp³-hybridized carbons (Fsp3) is 0.538. The molecule has 4 N–H and O–H groups in total. The topological polar surface area (TPSA) is 127 Å². The summed E-state index contributed by atoms with van der Waals surface area (Å²) in [5, 5.41) is 6.38. The van der Waals surface area contributed by atoms with Crippen molar-refractivity contribution in [2.24, 2.45) is 0 Å². The molecular weight excluding hydrogens is 478 g/mol. The summed E-state index contributed by atoms with van der Waals surface area (Å²) in [5.41, 5.74) is 6.97. The number of hydrogen-bond acceptors (Lipinski definition) is 7. The number of benzene rings is 1. The number of nitrogens with zero attached hydrogens (tertiary/aromatic N) is 2. The third-order valence-electron chi connectivity index (χ3n) is 6.40. The summed E-state index contributed by atoms with van der Waals surface area (Å²) in [6.07, 6.45) is 3.59. The molecule has 2 heterocycles. The van der Waals surface area contributed by atoms with Crippen molar-refractivity contribution in [3.05, 3.63) is 46.5 Å². The van der Waals surface area contributed by atoms with Crippen molar-refractivity contribution in [1.82, 2.24) is 20.5 Å². The first kappa shape index (κ1) is 25.9. The monoisotopic (exact) mass is 513 g/mol. The molecule has 3 atom stereocenters. The van der Waals surface area contributed by atoms with Crippen LogP contribution in [0.3, 0.4) is 0 Å². The maximum atomic E-state index is 13.7. The minimum atomic E-state index is -0.852. The lowest BCUT2D eigenvalue weighted by Gasteiger charge is -2.31. The first-order valence-electron chi connectivity index (χ1n) is 12.5. The highest BCUT2D eigenvalue weighted by Crippen LogP contribution is 2.34. The Hall–Kier alpha value is -3.14. The maximum Gasteiger partial charge on any atom is 0.408 e. The van der Waals surface area contributed by atoms with E-state index in [0.717, 1.165) is 35.4 Å². The molecular formula is C26H35N5O4S. The summed E-state index contributed by atoms with van der Waals surface area (Å²) in [6.45, 7) is 5.77. The van der Waals surface area contributed by atoms with Gasteiger partial charge in [-0.05, 0) is 58.4 Å². The zero-order valence-corrected chi connectivity index (χ0v) is 21.9. The molecule has 1 aliphatic heterocycles. The molecule has 2 aliphatic rings. The summed E-state index contributed by atoms with van der Waals surface area (Å²) >= 11 is 1.47. The molecule has 1 unspecified atom stereocenters. The molecule has 0 spiro atoms. The minimum absolute atomic E-state index is 0.194. The van der Waals surface area contributed by atoms with Gasteiger partial charge in [0.25, 0.3) is 0 Å². The van der Waals surface area contributed by atoms with Crippen molar-refractivity contribution in [2.75, 3.05) is 12.3 Å². The number of nitrogens with one attached hydrogen (secondary N) is 2. The Balaban J connectivity index is 1.48. The predicted octanol–water partition coefficient (Wildman–Crippen LogP) is 3.35. The molecule has 0 saturated carbocycles. The number of amides is 3. The molecule has 2 aromatic rings. The molecule has 9 nitrogen and oxygen atoms in total. The van der Waals surface area contributed by atoms with Crippen LogP contribution in [0.4, 0.5) is 9.93 Å². The molecule has 10 heteroatoms. The summed E-state index contributed by atoms with van der Waals surface area (Å²) in [4.78, 5) is 46.8. The van der Waals surface area contributed by atoms with E-state index >= 15 is 0 Å². The number of carbonyl (C=O) groups excluding carboxylic acids is 3. The highest BCUT2D eigenvalue weighted by atomic mass is 32.1. The van der Waals surface area contributed by atoms with Gasteiger partial charge in [0.2, 0.25) is 11.8 Å². The number of nitrogens with two attached hydrogens (primary N) is 1. The molecule has 4 rings (SSSR count). The van der Waals surface area contributed by atoms with Gasteiger partial charge in [-0.15, -0.1) is 11.3 Å². The van der Waals surface area contributed by atoms with Gasteiger partial charge >= 0.3 is 6.09 Å². The number of rotatable bonds is 6. The standard InChI is InChI=1S/C26H35N5O4S/c1-26(2,3)35-25(34)29-18(15-16-9-5-4-6-10-16)23(33)31-14-8-12-19(31)22(32)28-17-11-7-13-20-21(17)30-24(27)36-20/h4-6,9-10,17-19H,7-8,11-15H2,1-3H3,(H2,27,30)(H,28,32)(H,29,34)/t17?,18-,19+/m1/s1. The van der Waals surface area contributed by atoms with Crippen LogP contribution in [-0.2, 0) is 27.2 Å². The molecule has 1 aromatic heterocycles. The number of carbonyl (C=O) groups is 3. The number of fused-ring (bicyclic) bond motifs is 1. The van der Waals surface area contributed by atoms with Crippen LogP contribution in [0.2, 0.25) is 0 Å². The van der Waals surface area contributed by atoms with Crippen LogP contribution in [0.15, 0.2) is 30.3 Å². The first-order chi connectivity index (χ1) is 17.1. The number of anilines is 1. The Labute approximate surface area is 215 Å². The first-order valence-corrected chi connectivity index (χ1v) is 13.3. The summed E-state index contributed by atoms with van der Waals surface area (Å²) < 4.78 is 5.41. The van der Waals surface area contributed by atoms with Crippen molar-refractivity contribution in [2.45, 2.75) is 83.0 Å². The van der Waals surface area contributed by atoms with Gasteiger partial charge in [-0.1, -0.05) is 30.3 Å². The Bertz CT molecular complexity index is 1100. The van der Waals surface area contributed by atoms with E-state index in [-0.39, 0.29) is 17.9 Å². The molecule has 36 heavy (non-hydrogen) atoms. The molecule has 194 valence electrons. The van der Waals surface area contributed by atoms with Gasteiger partial charge in [0.1, 0.15) is 17.7 Å². The highest BCUT2D eigenvalue weighted by Gasteiger charge is 2.39. The fourth-order valence-corrected chi connectivity index (χ4v) is 5.78. The van der Waals surface area contributed by atoms with E-state index in [4.69, 9.17) is 10.5 Å². The van der Waals surface area contributed by atoms with E-state index in [1.54, 1.807) is 25.7 Å². The van der Waals surface area contributed by atoms with E-state index in [0.29, 0.717) is 30.9 Å². The molecule has 0 radical (unpaired) electrons. The van der Waals surface area contributed by atoms with Crippen molar-refractivity contribution in [3.63, 3.8) is 0 Å². The number of aromatic nitrogens is 1. The zero-order chi connectivity index (χ0) is 25.9. The molecule has 1 aliphatic carbocycles. The van der Waals surface area contributed by atoms with E-state index in [1.807, 2.05) is 30.3 Å². The van der Waals surface area contributed by atoms with E-state index < -0.39 is 23.8 Å². The molecule has 0 bridgehead atoms. The average Bonchev–Trinajstić information content (AvgIpc) is 3.44. The molecule has 1 fully saturated rings. The highest BCUT2D eigenvalue weighted by molar-refractivity contribution is 7.15. The number of ether oxygens (including phenoxy) is 1. The van der Waals surface area contributed by atoms with Gasteiger partial charge in [-0.25, -0.2) is 9.78 Å². The summed E-state index contributed by atoms with van der Waals surface area (Å²) in [7, 11) is 0. The normalized spacial score (nSPS) is 20.4. The third kappa shape index (κ3) is 6.34. The Morgan fingerprint density at radius 1 is 1.19 bits per heavy atom. The Morgan fingerprint density at radius 2 is 1.94 bits per heavy atom. The van der Waals surface area contributed by atoms with Gasteiger partial charge in [-0.2, -0.15) is 0 Å². The number of aryl methyl sites for hydroxylation is 1. The maximum absolute atomic E-state index is 13.7. The second-order valence-corrected chi connectivity index (χ2v) is 11.5. The lowest BCUT2D eigenvalue weighted by atomic mass is 9.97. The van der Waals surface area contributed by atoms with E-state index in [2.05, 4.69) is 15.6 Å². The van der Waals surface area contributed by atoms with Crippen molar-refractivity contribution in [1.29, 1.82) is 0 Å². The van der Waals surface area contributed by atoms with Crippen molar-refractivity contribution >= 4 is 34.4 Å². The van der Waals surface area contributed by atoms with Crippen LogP contribution < -0.4 is 16.4 Å². The number of alkyl carbamates (subject to hydrolysis) is 1. The van der Waals surface area contributed by atoms with Gasteiger partial charge in [0, 0.05) is 17.8 Å². The van der Waals surface area contributed by atoms with E-state index in [1.165, 1.54) is 11.3 Å². The average molecular weight is 514 g/mol. The lowest BCUT2D eigenvalue weighted by molar-refractivity contribution is -0.140. The number of hydrogen-bond donors (Lipinski definition) is 3. The quantitative estimate of drug-likeness (QED) is 0.544. The van der Waals surface area contributed by atoms with Gasteiger partial charge in [-0.3, -0.25) is 9.59 Å². The molecule has 1 aromatic carbocycles. The number of nitrogen functional groups attached to an aromatic ring is 1. The van der Waals surface area contributed by atoms with Crippen LogP contribution in [0.5, 0.6) is 0 Å². The predicted molar refractivity (Wildman–Crippen MR) is 138 cm³/mol. The van der Waals surface area contributed by atoms with Crippen molar-refractivity contribution < 1.29 is 19.1 Å². The second-order valence-electron chi connectivity index (χ2n) is 10.4. The van der Waals surface area contributed by atoms with Gasteiger partial charge < -0.3 is 26.0 Å². The molecule has 3 amide bonds. The van der Waals surface area contributed by atoms with Crippen LogP contribution >= 0.6 is 11.3 Å². The SMILES string of the molecule is CC(C)(C)OC(=O)N[C@H](Cc1ccccc1)C(=O)N1CCC[C@H]1C(=O)NC1CCCc2sc(N)nc21. The van der Waals surface area contributed by atoms with Gasteiger partial charge in [0.05, 0.1) is 11.7 Å². The number of likely N-dealkylation sites (tertiary alicyclic amines) is 1. The van der Waals surface area contributed by atoms with Crippen LogP contribution in [0.25, 0.3) is 0 Å². The van der Waals surface area contributed by atoms with Crippen LogP contribution in [0.1, 0.15) is 68.6 Å². The molecule has 1 saturated heterocycles. The summed E-state index contributed by atoms with van der Waals surface area (Å²) in [6, 6.07) is 7.84. The van der Waals surface area contributed by atoms with Crippen LogP contribution in [0, 0.1) is 0 Å². The second kappa shape index (κ2) is 10.9. The van der Waals surface area contributed by atoms with Crippen LogP contribution in [-0.4, -0.2) is 52.0 Å². The number of thiazole rings is 1. The Kier molecular flexibility index (Phi) is 7.82. The Morgan fingerprint density at radius 3 is 2.67 bits per heavy atom. The van der Waals surface area contributed by atoms with E-state index in [9.17, 15) is 14.4 Å². The largest absolute Gasteiger partial charge is 0.444 e. The zero-order valence-electron chi connectivity index (χ0n) is 21.1. The van der Waals surface area contributed by atoms with Crippen molar-refractivity contribution in [3.8, 4) is 0 Å².